The van der Waals surface area contributed by atoms with Crippen molar-refractivity contribution in [2.45, 2.75) is 33.2 Å². The summed E-state index contributed by atoms with van der Waals surface area (Å²) in [6.45, 7) is 8.76. The molecule has 1 rings (SSSR count). The van der Waals surface area contributed by atoms with Gasteiger partial charge in [0.05, 0.1) is 25.9 Å². The van der Waals surface area contributed by atoms with Crippen molar-refractivity contribution in [1.82, 2.24) is 5.32 Å². The standard InChI is InChI=1S/C16H27NO3/c1-5-10-18-12-14(17-4)13-8-9-15(19-6-2)16(11-13)20-7-3/h8-9,11,14,17H,5-7,10,12H2,1-4H3. The molecule has 0 aromatic heterocycles. The highest BCUT2D eigenvalue weighted by Crippen LogP contribution is 2.30. The summed E-state index contributed by atoms with van der Waals surface area (Å²) in [4.78, 5) is 0. The lowest BCUT2D eigenvalue weighted by Gasteiger charge is -2.19. The van der Waals surface area contributed by atoms with Crippen LogP contribution in [-0.2, 0) is 4.74 Å². The lowest BCUT2D eigenvalue weighted by atomic mass is 10.1. The van der Waals surface area contributed by atoms with Crippen molar-refractivity contribution >= 4 is 0 Å². The molecular formula is C16H27NO3. The summed E-state index contributed by atoms with van der Waals surface area (Å²) in [6.07, 6.45) is 1.03. The van der Waals surface area contributed by atoms with Crippen molar-refractivity contribution < 1.29 is 14.2 Å². The number of likely N-dealkylation sites (N-methyl/N-ethyl adjacent to an activating group) is 1. The zero-order valence-electron chi connectivity index (χ0n) is 13.1. The van der Waals surface area contributed by atoms with E-state index in [1.807, 2.05) is 33.0 Å². The van der Waals surface area contributed by atoms with Gasteiger partial charge in [-0.25, -0.2) is 0 Å². The molecule has 0 saturated carbocycles. The van der Waals surface area contributed by atoms with Crippen molar-refractivity contribution in [3.05, 3.63) is 23.8 Å². The molecule has 0 fully saturated rings. The van der Waals surface area contributed by atoms with Gasteiger partial charge in [-0.2, -0.15) is 0 Å². The third-order valence-electron chi connectivity index (χ3n) is 2.95. The smallest absolute Gasteiger partial charge is 0.161 e. The van der Waals surface area contributed by atoms with Gasteiger partial charge in [0, 0.05) is 6.61 Å². The van der Waals surface area contributed by atoms with E-state index in [0.29, 0.717) is 19.8 Å². The number of ether oxygens (including phenoxy) is 3. The maximum Gasteiger partial charge on any atom is 0.161 e. The minimum absolute atomic E-state index is 0.163. The Morgan fingerprint density at radius 3 is 2.35 bits per heavy atom. The van der Waals surface area contributed by atoms with Crippen LogP contribution in [0.15, 0.2) is 18.2 Å². The molecule has 1 N–H and O–H groups in total. The van der Waals surface area contributed by atoms with E-state index in [-0.39, 0.29) is 6.04 Å². The van der Waals surface area contributed by atoms with Crippen LogP contribution in [0, 0.1) is 0 Å². The molecule has 1 atom stereocenters. The molecule has 1 aromatic carbocycles. The first kappa shape index (κ1) is 16.8. The SMILES string of the molecule is CCCOCC(NC)c1ccc(OCC)c(OCC)c1. The summed E-state index contributed by atoms with van der Waals surface area (Å²) < 4.78 is 16.9. The van der Waals surface area contributed by atoms with Gasteiger partial charge in [-0.3, -0.25) is 0 Å². The van der Waals surface area contributed by atoms with Crippen LogP contribution in [0.4, 0.5) is 0 Å². The molecule has 114 valence electrons. The Morgan fingerprint density at radius 2 is 1.75 bits per heavy atom. The maximum atomic E-state index is 5.66. The predicted molar refractivity (Wildman–Crippen MR) is 81.7 cm³/mol. The van der Waals surface area contributed by atoms with Crippen LogP contribution in [0.3, 0.4) is 0 Å². The van der Waals surface area contributed by atoms with Crippen molar-refractivity contribution in [3.8, 4) is 11.5 Å². The second kappa shape index (κ2) is 9.61. The first-order valence-electron chi connectivity index (χ1n) is 7.41. The van der Waals surface area contributed by atoms with E-state index in [2.05, 4.69) is 18.3 Å². The average molecular weight is 281 g/mol. The molecule has 0 saturated heterocycles. The number of benzene rings is 1. The highest BCUT2D eigenvalue weighted by molar-refractivity contribution is 5.44. The molecule has 0 aliphatic rings. The monoisotopic (exact) mass is 281 g/mol. The quantitative estimate of drug-likeness (QED) is 0.669. The largest absolute Gasteiger partial charge is 0.490 e. The topological polar surface area (TPSA) is 39.7 Å². The molecule has 0 heterocycles. The van der Waals surface area contributed by atoms with E-state index in [1.54, 1.807) is 0 Å². The van der Waals surface area contributed by atoms with Gasteiger partial charge in [0.15, 0.2) is 11.5 Å². The lowest BCUT2D eigenvalue weighted by molar-refractivity contribution is 0.114. The van der Waals surface area contributed by atoms with E-state index >= 15 is 0 Å². The molecule has 0 spiro atoms. The van der Waals surface area contributed by atoms with Crippen LogP contribution in [0.2, 0.25) is 0 Å². The normalized spacial score (nSPS) is 12.2. The number of rotatable bonds is 10. The van der Waals surface area contributed by atoms with Gasteiger partial charge in [0.25, 0.3) is 0 Å². The van der Waals surface area contributed by atoms with E-state index in [1.165, 1.54) is 0 Å². The highest BCUT2D eigenvalue weighted by Gasteiger charge is 2.13. The molecular weight excluding hydrogens is 254 g/mol. The maximum absolute atomic E-state index is 5.66. The van der Waals surface area contributed by atoms with Crippen molar-refractivity contribution in [1.29, 1.82) is 0 Å². The van der Waals surface area contributed by atoms with Gasteiger partial charge in [-0.15, -0.1) is 0 Å². The van der Waals surface area contributed by atoms with Gasteiger partial charge in [-0.1, -0.05) is 13.0 Å². The highest BCUT2D eigenvalue weighted by atomic mass is 16.5. The van der Waals surface area contributed by atoms with E-state index in [0.717, 1.165) is 30.1 Å². The average Bonchev–Trinajstić information content (AvgIpc) is 2.46. The molecule has 0 aliphatic carbocycles. The van der Waals surface area contributed by atoms with Gasteiger partial charge >= 0.3 is 0 Å². The minimum Gasteiger partial charge on any atom is -0.490 e. The summed E-state index contributed by atoms with van der Waals surface area (Å²) in [5.74, 6) is 1.59. The fourth-order valence-electron chi connectivity index (χ4n) is 1.98. The van der Waals surface area contributed by atoms with Crippen LogP contribution in [-0.4, -0.2) is 33.5 Å². The molecule has 20 heavy (non-hydrogen) atoms. The molecule has 0 radical (unpaired) electrons. The second-order valence-electron chi connectivity index (χ2n) is 4.49. The number of hydrogen-bond donors (Lipinski definition) is 1. The first-order chi connectivity index (χ1) is 9.76. The summed E-state index contributed by atoms with van der Waals surface area (Å²) in [6, 6.07) is 6.22. The van der Waals surface area contributed by atoms with E-state index in [4.69, 9.17) is 14.2 Å². The van der Waals surface area contributed by atoms with Gasteiger partial charge in [0.2, 0.25) is 0 Å². The van der Waals surface area contributed by atoms with Crippen LogP contribution >= 0.6 is 0 Å². The lowest BCUT2D eigenvalue weighted by Crippen LogP contribution is -2.22. The molecule has 1 unspecified atom stereocenters. The zero-order valence-corrected chi connectivity index (χ0v) is 13.1. The molecule has 0 bridgehead atoms. The van der Waals surface area contributed by atoms with Crippen LogP contribution < -0.4 is 14.8 Å². The Balaban J connectivity index is 2.84. The van der Waals surface area contributed by atoms with Gasteiger partial charge in [-0.05, 0) is 45.0 Å². The molecule has 0 amide bonds. The molecule has 0 aliphatic heterocycles. The third-order valence-corrected chi connectivity index (χ3v) is 2.95. The van der Waals surface area contributed by atoms with E-state index < -0.39 is 0 Å². The Labute approximate surface area is 122 Å². The fourth-order valence-corrected chi connectivity index (χ4v) is 1.98. The summed E-state index contributed by atoms with van der Waals surface area (Å²) in [7, 11) is 1.94. The van der Waals surface area contributed by atoms with Gasteiger partial charge < -0.3 is 19.5 Å². The Kier molecular flexibility index (Phi) is 8.07. The Bertz CT molecular complexity index is 382. The Hall–Kier alpha value is -1.26. The molecule has 1 aromatic rings. The Morgan fingerprint density at radius 1 is 1.05 bits per heavy atom. The predicted octanol–water partition coefficient (Wildman–Crippen LogP) is 3.17. The van der Waals surface area contributed by atoms with Crippen molar-refractivity contribution in [3.63, 3.8) is 0 Å². The van der Waals surface area contributed by atoms with Crippen LogP contribution in [0.1, 0.15) is 38.8 Å². The minimum atomic E-state index is 0.163. The van der Waals surface area contributed by atoms with E-state index in [9.17, 15) is 0 Å². The molecule has 4 heteroatoms. The van der Waals surface area contributed by atoms with Crippen molar-refractivity contribution in [2.75, 3.05) is 33.5 Å². The number of nitrogens with one attached hydrogen (secondary N) is 1. The fraction of sp³-hybridized carbons (Fsp3) is 0.625. The van der Waals surface area contributed by atoms with Crippen molar-refractivity contribution in [2.24, 2.45) is 0 Å². The van der Waals surface area contributed by atoms with Gasteiger partial charge in [0.1, 0.15) is 0 Å². The van der Waals surface area contributed by atoms with Crippen LogP contribution in [0.5, 0.6) is 11.5 Å². The summed E-state index contributed by atoms with van der Waals surface area (Å²) in [5, 5.41) is 3.28. The van der Waals surface area contributed by atoms with Crippen LogP contribution in [0.25, 0.3) is 0 Å². The third kappa shape index (κ3) is 5.02. The second-order valence-corrected chi connectivity index (χ2v) is 4.49. The number of hydrogen-bond acceptors (Lipinski definition) is 4. The summed E-state index contributed by atoms with van der Waals surface area (Å²) in [5.41, 5.74) is 1.15. The molecule has 4 nitrogen and oxygen atoms in total. The first-order valence-corrected chi connectivity index (χ1v) is 7.41. The summed E-state index contributed by atoms with van der Waals surface area (Å²) >= 11 is 0. The zero-order chi connectivity index (χ0) is 14.8.